The Labute approximate surface area is 87.7 Å². The molecule has 1 heteroatoms. The van der Waals surface area contributed by atoms with E-state index in [1.54, 1.807) is 6.08 Å². The molecule has 0 heterocycles. The molecule has 78 valence electrons. The molecule has 0 fully saturated rings. The Balaban J connectivity index is 4.39. The predicted octanol–water partition coefficient (Wildman–Crippen LogP) is 4.13. The van der Waals surface area contributed by atoms with Crippen molar-refractivity contribution in [2.24, 2.45) is 5.92 Å². The van der Waals surface area contributed by atoms with E-state index in [0.29, 0.717) is 11.6 Å². The molecule has 1 N–H and O–H groups in total. The molecule has 0 spiro atoms. The second-order valence-corrected chi connectivity index (χ2v) is 3.55. The maximum atomic E-state index is 7.88. The van der Waals surface area contributed by atoms with Crippen molar-refractivity contribution in [3.63, 3.8) is 0 Å². The van der Waals surface area contributed by atoms with Crippen molar-refractivity contribution in [2.75, 3.05) is 0 Å². The van der Waals surface area contributed by atoms with Gasteiger partial charge in [0.05, 0.1) is 0 Å². The molecular formula is C13H21N. The van der Waals surface area contributed by atoms with E-state index in [9.17, 15) is 0 Å². The highest BCUT2D eigenvalue weighted by atomic mass is 14.4. The van der Waals surface area contributed by atoms with E-state index in [4.69, 9.17) is 5.41 Å². The van der Waals surface area contributed by atoms with Gasteiger partial charge < -0.3 is 5.41 Å². The van der Waals surface area contributed by atoms with Crippen molar-refractivity contribution >= 4 is 5.71 Å². The van der Waals surface area contributed by atoms with Gasteiger partial charge in [-0.15, -0.1) is 0 Å². The van der Waals surface area contributed by atoms with Crippen LogP contribution >= 0.6 is 0 Å². The minimum atomic E-state index is 0.580. The molecule has 0 saturated carbocycles. The third-order valence-electron chi connectivity index (χ3n) is 2.29. The fourth-order valence-corrected chi connectivity index (χ4v) is 1.10. The Morgan fingerprint density at radius 1 is 1.50 bits per heavy atom. The summed E-state index contributed by atoms with van der Waals surface area (Å²) in [5.74, 6) is 0.580. The van der Waals surface area contributed by atoms with Gasteiger partial charge in [-0.25, -0.2) is 0 Å². The summed E-state index contributed by atoms with van der Waals surface area (Å²) in [6.45, 7) is 10.0. The van der Waals surface area contributed by atoms with E-state index in [1.165, 1.54) is 0 Å². The summed E-state index contributed by atoms with van der Waals surface area (Å²) in [5.41, 5.74) is 1.62. The second-order valence-electron chi connectivity index (χ2n) is 3.55. The SMILES string of the molecule is C=C/C(=C\C=C/C)C(=N)CC(C)CC. The Bertz CT molecular complexity index is 246. The molecule has 0 aromatic heterocycles. The average molecular weight is 191 g/mol. The van der Waals surface area contributed by atoms with Gasteiger partial charge in [0.1, 0.15) is 0 Å². The van der Waals surface area contributed by atoms with E-state index >= 15 is 0 Å². The Kier molecular flexibility index (Phi) is 6.73. The lowest BCUT2D eigenvalue weighted by Gasteiger charge is -2.09. The summed E-state index contributed by atoms with van der Waals surface area (Å²) in [5, 5.41) is 7.88. The van der Waals surface area contributed by atoms with Crippen LogP contribution in [0.3, 0.4) is 0 Å². The summed E-state index contributed by atoms with van der Waals surface area (Å²) in [7, 11) is 0. The highest BCUT2D eigenvalue weighted by Crippen LogP contribution is 2.12. The van der Waals surface area contributed by atoms with Crippen molar-refractivity contribution in [3.8, 4) is 0 Å². The number of rotatable bonds is 6. The lowest BCUT2D eigenvalue weighted by atomic mass is 9.97. The lowest BCUT2D eigenvalue weighted by Crippen LogP contribution is -2.05. The molecule has 14 heavy (non-hydrogen) atoms. The first-order chi connectivity index (χ1) is 6.65. The van der Waals surface area contributed by atoms with Crippen LogP contribution in [0.1, 0.15) is 33.6 Å². The van der Waals surface area contributed by atoms with Crippen LogP contribution in [-0.2, 0) is 0 Å². The van der Waals surface area contributed by atoms with Crippen LogP contribution in [0, 0.1) is 11.3 Å². The average Bonchev–Trinajstić information content (AvgIpc) is 2.18. The first-order valence-corrected chi connectivity index (χ1v) is 5.18. The van der Waals surface area contributed by atoms with Crippen LogP contribution in [0.5, 0.6) is 0 Å². The van der Waals surface area contributed by atoms with Crippen LogP contribution in [0.2, 0.25) is 0 Å². The number of hydrogen-bond acceptors (Lipinski definition) is 1. The summed E-state index contributed by atoms with van der Waals surface area (Å²) < 4.78 is 0. The maximum absolute atomic E-state index is 7.88. The molecule has 0 rings (SSSR count). The van der Waals surface area contributed by atoms with E-state index in [0.717, 1.165) is 18.4 Å². The van der Waals surface area contributed by atoms with Gasteiger partial charge >= 0.3 is 0 Å². The molecule has 1 unspecified atom stereocenters. The molecule has 0 bridgehead atoms. The standard InChI is InChI=1S/C13H21N/c1-5-8-9-12(7-3)13(14)10-11(4)6-2/h5,7-9,11,14H,3,6,10H2,1-2,4H3/b8-5-,12-9+,14-13?. The number of allylic oxidation sites excluding steroid dienone is 5. The Morgan fingerprint density at radius 2 is 2.14 bits per heavy atom. The van der Waals surface area contributed by atoms with Gasteiger partial charge in [0.2, 0.25) is 0 Å². The molecule has 0 amide bonds. The topological polar surface area (TPSA) is 23.9 Å². The Hall–Kier alpha value is -1.11. The molecule has 1 atom stereocenters. The van der Waals surface area contributed by atoms with Crippen LogP contribution < -0.4 is 0 Å². The van der Waals surface area contributed by atoms with Gasteiger partial charge in [-0.2, -0.15) is 0 Å². The molecule has 0 saturated heterocycles. The van der Waals surface area contributed by atoms with Gasteiger partial charge in [-0.05, 0) is 24.8 Å². The van der Waals surface area contributed by atoms with Crippen molar-refractivity contribution in [1.82, 2.24) is 0 Å². The largest absolute Gasteiger partial charge is 0.305 e. The molecule has 0 aliphatic carbocycles. The first-order valence-electron chi connectivity index (χ1n) is 5.18. The molecule has 0 aliphatic rings. The second kappa shape index (κ2) is 7.31. The van der Waals surface area contributed by atoms with E-state index in [1.807, 2.05) is 25.2 Å². The van der Waals surface area contributed by atoms with Gasteiger partial charge in [-0.3, -0.25) is 0 Å². The third kappa shape index (κ3) is 4.80. The number of hydrogen-bond donors (Lipinski definition) is 1. The van der Waals surface area contributed by atoms with Crippen LogP contribution in [0.15, 0.2) is 36.5 Å². The lowest BCUT2D eigenvalue weighted by molar-refractivity contribution is 0.586. The van der Waals surface area contributed by atoms with Crippen molar-refractivity contribution in [2.45, 2.75) is 33.6 Å². The zero-order chi connectivity index (χ0) is 11.0. The van der Waals surface area contributed by atoms with Gasteiger partial charge in [0.25, 0.3) is 0 Å². The van der Waals surface area contributed by atoms with Crippen molar-refractivity contribution in [1.29, 1.82) is 5.41 Å². The number of nitrogens with one attached hydrogen (secondary N) is 1. The molecule has 0 aliphatic heterocycles. The molecule has 1 nitrogen and oxygen atoms in total. The normalized spacial score (nSPS) is 14.4. The van der Waals surface area contributed by atoms with Crippen molar-refractivity contribution in [3.05, 3.63) is 36.5 Å². The molecule has 0 radical (unpaired) electrons. The van der Waals surface area contributed by atoms with E-state index < -0.39 is 0 Å². The smallest absolute Gasteiger partial charge is 0.0388 e. The summed E-state index contributed by atoms with van der Waals surface area (Å²) in [4.78, 5) is 0. The summed E-state index contributed by atoms with van der Waals surface area (Å²) in [6.07, 6.45) is 9.56. The fourth-order valence-electron chi connectivity index (χ4n) is 1.10. The zero-order valence-electron chi connectivity index (χ0n) is 9.51. The molecular weight excluding hydrogens is 170 g/mol. The summed E-state index contributed by atoms with van der Waals surface area (Å²) >= 11 is 0. The fraction of sp³-hybridized carbons (Fsp3) is 0.462. The highest BCUT2D eigenvalue weighted by molar-refractivity contribution is 6.00. The van der Waals surface area contributed by atoms with Gasteiger partial charge in [-0.1, -0.05) is 51.2 Å². The van der Waals surface area contributed by atoms with Crippen molar-refractivity contribution < 1.29 is 0 Å². The minimum absolute atomic E-state index is 0.580. The Morgan fingerprint density at radius 3 is 2.57 bits per heavy atom. The summed E-state index contributed by atoms with van der Waals surface area (Å²) in [6, 6.07) is 0. The zero-order valence-corrected chi connectivity index (χ0v) is 9.51. The van der Waals surface area contributed by atoms with Crippen LogP contribution in [0.4, 0.5) is 0 Å². The maximum Gasteiger partial charge on any atom is 0.0388 e. The monoisotopic (exact) mass is 191 g/mol. The molecule has 0 aromatic carbocycles. The third-order valence-corrected chi connectivity index (χ3v) is 2.29. The highest BCUT2D eigenvalue weighted by Gasteiger charge is 2.05. The predicted molar refractivity (Wildman–Crippen MR) is 64.9 cm³/mol. The van der Waals surface area contributed by atoms with E-state index in [-0.39, 0.29) is 0 Å². The van der Waals surface area contributed by atoms with Gasteiger partial charge in [0, 0.05) is 5.71 Å². The van der Waals surface area contributed by atoms with Gasteiger partial charge in [0.15, 0.2) is 0 Å². The van der Waals surface area contributed by atoms with Crippen LogP contribution in [0.25, 0.3) is 0 Å². The minimum Gasteiger partial charge on any atom is -0.305 e. The quantitative estimate of drug-likeness (QED) is 0.482. The molecule has 0 aromatic rings. The van der Waals surface area contributed by atoms with Crippen LogP contribution in [-0.4, -0.2) is 5.71 Å². The van der Waals surface area contributed by atoms with E-state index in [2.05, 4.69) is 20.4 Å². The first kappa shape index (κ1) is 12.9.